The molecule has 8 nitrogen and oxygen atoms in total. The van der Waals surface area contributed by atoms with E-state index in [2.05, 4.69) is 5.32 Å². The summed E-state index contributed by atoms with van der Waals surface area (Å²) in [6.45, 7) is 2.25. The molecule has 2 aromatic carbocycles. The number of sulfonamides is 1. The van der Waals surface area contributed by atoms with Crippen LogP contribution in [0.3, 0.4) is 0 Å². The molecule has 1 aliphatic heterocycles. The van der Waals surface area contributed by atoms with Gasteiger partial charge < -0.3 is 15.1 Å². The third-order valence-corrected chi connectivity index (χ3v) is 7.71. The molecule has 0 aromatic heterocycles. The molecule has 9 heteroatoms. The lowest BCUT2D eigenvalue weighted by atomic mass is 10.2. The number of benzene rings is 2. The first kappa shape index (κ1) is 22.1. The van der Waals surface area contributed by atoms with Gasteiger partial charge in [-0.15, -0.1) is 0 Å². The number of amides is 2. The van der Waals surface area contributed by atoms with Gasteiger partial charge in [-0.2, -0.15) is 0 Å². The summed E-state index contributed by atoms with van der Waals surface area (Å²) >= 11 is 0. The van der Waals surface area contributed by atoms with Crippen molar-refractivity contribution >= 4 is 33.2 Å². The minimum absolute atomic E-state index is 0.0641. The van der Waals surface area contributed by atoms with Crippen LogP contribution in [-0.2, 0) is 19.6 Å². The summed E-state index contributed by atoms with van der Waals surface area (Å²) in [6, 6.07) is 15.3. The quantitative estimate of drug-likeness (QED) is 0.688. The molecule has 2 aromatic rings. The second-order valence-corrected chi connectivity index (χ2v) is 10.1. The Kier molecular flexibility index (Phi) is 6.36. The summed E-state index contributed by atoms with van der Waals surface area (Å²) in [6.07, 6.45) is 1.97. The Bertz CT molecular complexity index is 1080. The highest BCUT2D eigenvalue weighted by Crippen LogP contribution is 2.31. The standard InChI is InChI=1S/C23H28N4O4S/c1-25(20-7-3-2-4-8-20)32(30,31)21-9-5-6-19(16-21)24-17-22(28)26-12-14-27(15-13-26)23(29)18-10-11-18/h2-9,16,18,24H,10-15,17H2,1H3. The Morgan fingerprint density at radius 3 is 2.28 bits per heavy atom. The Morgan fingerprint density at radius 1 is 0.969 bits per heavy atom. The molecular formula is C23H28N4O4S. The maximum absolute atomic E-state index is 13.0. The molecule has 2 fully saturated rings. The third-order valence-electron chi connectivity index (χ3n) is 5.93. The highest BCUT2D eigenvalue weighted by Gasteiger charge is 2.35. The predicted molar refractivity (Wildman–Crippen MR) is 123 cm³/mol. The number of nitrogens with zero attached hydrogens (tertiary/aromatic N) is 3. The van der Waals surface area contributed by atoms with Crippen LogP contribution in [0.5, 0.6) is 0 Å². The summed E-state index contributed by atoms with van der Waals surface area (Å²) in [5.41, 5.74) is 1.13. The fourth-order valence-electron chi connectivity index (χ4n) is 3.76. The Balaban J connectivity index is 1.34. The summed E-state index contributed by atoms with van der Waals surface area (Å²) in [5, 5.41) is 3.04. The van der Waals surface area contributed by atoms with E-state index in [1.165, 1.54) is 23.5 Å². The van der Waals surface area contributed by atoms with Crippen molar-refractivity contribution in [3.8, 4) is 0 Å². The fraction of sp³-hybridized carbons (Fsp3) is 0.391. The van der Waals surface area contributed by atoms with E-state index in [0.29, 0.717) is 37.6 Å². The van der Waals surface area contributed by atoms with Gasteiger partial charge in [0.2, 0.25) is 11.8 Å². The first-order valence-electron chi connectivity index (χ1n) is 10.8. The van der Waals surface area contributed by atoms with E-state index in [1.54, 1.807) is 41.3 Å². The van der Waals surface area contributed by atoms with Crippen molar-refractivity contribution in [2.45, 2.75) is 17.7 Å². The van der Waals surface area contributed by atoms with E-state index >= 15 is 0 Å². The van der Waals surface area contributed by atoms with Gasteiger partial charge in [0.1, 0.15) is 0 Å². The molecule has 0 atom stereocenters. The summed E-state index contributed by atoms with van der Waals surface area (Å²) in [5.74, 6) is 0.343. The monoisotopic (exact) mass is 456 g/mol. The van der Waals surface area contributed by atoms with E-state index in [9.17, 15) is 18.0 Å². The fourth-order valence-corrected chi connectivity index (χ4v) is 5.00. The van der Waals surface area contributed by atoms with Gasteiger partial charge >= 0.3 is 0 Å². The van der Waals surface area contributed by atoms with Crippen LogP contribution in [0.1, 0.15) is 12.8 Å². The number of hydrogen-bond acceptors (Lipinski definition) is 5. The van der Waals surface area contributed by atoms with Crippen molar-refractivity contribution in [3.05, 3.63) is 54.6 Å². The van der Waals surface area contributed by atoms with Gasteiger partial charge in [0.25, 0.3) is 10.0 Å². The molecule has 0 spiro atoms. The van der Waals surface area contributed by atoms with Gasteiger partial charge in [-0.05, 0) is 43.2 Å². The molecule has 1 heterocycles. The number of carbonyl (C=O) groups is 2. The van der Waals surface area contributed by atoms with E-state index < -0.39 is 10.0 Å². The maximum Gasteiger partial charge on any atom is 0.264 e. The Morgan fingerprint density at radius 2 is 1.62 bits per heavy atom. The van der Waals surface area contributed by atoms with Gasteiger partial charge in [-0.25, -0.2) is 8.42 Å². The van der Waals surface area contributed by atoms with Crippen molar-refractivity contribution in [2.75, 3.05) is 49.4 Å². The molecular weight excluding hydrogens is 428 g/mol. The molecule has 170 valence electrons. The lowest BCUT2D eigenvalue weighted by Crippen LogP contribution is -2.52. The molecule has 1 N–H and O–H groups in total. The first-order valence-corrected chi connectivity index (χ1v) is 12.2. The van der Waals surface area contributed by atoms with Crippen LogP contribution in [0.4, 0.5) is 11.4 Å². The highest BCUT2D eigenvalue weighted by molar-refractivity contribution is 7.92. The number of rotatable bonds is 7. The van der Waals surface area contributed by atoms with Gasteiger partial charge in [-0.3, -0.25) is 13.9 Å². The van der Waals surface area contributed by atoms with Crippen molar-refractivity contribution in [1.29, 1.82) is 0 Å². The van der Waals surface area contributed by atoms with Crippen molar-refractivity contribution in [1.82, 2.24) is 9.80 Å². The average Bonchev–Trinajstić information content (AvgIpc) is 3.68. The van der Waals surface area contributed by atoms with Gasteiger partial charge in [0.15, 0.2) is 0 Å². The molecule has 1 aliphatic carbocycles. The number of nitrogens with one attached hydrogen (secondary N) is 1. The maximum atomic E-state index is 13.0. The largest absolute Gasteiger partial charge is 0.376 e. The molecule has 1 saturated heterocycles. The molecule has 0 radical (unpaired) electrons. The summed E-state index contributed by atoms with van der Waals surface area (Å²) in [7, 11) is -2.21. The average molecular weight is 457 g/mol. The van der Waals surface area contributed by atoms with Crippen LogP contribution in [0.25, 0.3) is 0 Å². The minimum atomic E-state index is -3.73. The SMILES string of the molecule is CN(c1ccccc1)S(=O)(=O)c1cccc(NCC(=O)N2CCN(C(=O)C3CC3)CC2)c1. The van der Waals surface area contributed by atoms with E-state index in [4.69, 9.17) is 0 Å². The zero-order chi connectivity index (χ0) is 22.7. The number of hydrogen-bond donors (Lipinski definition) is 1. The van der Waals surface area contributed by atoms with E-state index in [0.717, 1.165) is 12.8 Å². The van der Waals surface area contributed by atoms with Gasteiger partial charge in [-0.1, -0.05) is 24.3 Å². The summed E-state index contributed by atoms with van der Waals surface area (Å²) < 4.78 is 27.2. The molecule has 0 bridgehead atoms. The van der Waals surface area contributed by atoms with Crippen LogP contribution in [0.2, 0.25) is 0 Å². The second kappa shape index (κ2) is 9.20. The number of piperazine rings is 1. The zero-order valence-corrected chi connectivity index (χ0v) is 18.9. The van der Waals surface area contributed by atoms with Crippen LogP contribution in [-0.4, -0.2) is 69.8 Å². The van der Waals surface area contributed by atoms with Crippen LogP contribution in [0, 0.1) is 5.92 Å². The molecule has 2 aliphatic rings. The highest BCUT2D eigenvalue weighted by atomic mass is 32.2. The zero-order valence-electron chi connectivity index (χ0n) is 18.1. The molecule has 1 saturated carbocycles. The first-order chi connectivity index (χ1) is 15.4. The Hall–Kier alpha value is -3.07. The predicted octanol–water partition coefficient (Wildman–Crippen LogP) is 2.00. The number of anilines is 2. The van der Waals surface area contributed by atoms with E-state index in [1.807, 2.05) is 11.0 Å². The lowest BCUT2D eigenvalue weighted by molar-refractivity contribution is -0.139. The van der Waals surface area contributed by atoms with Crippen LogP contribution in [0.15, 0.2) is 59.5 Å². The smallest absolute Gasteiger partial charge is 0.264 e. The Labute approximate surface area is 188 Å². The normalized spacial score (nSPS) is 16.5. The third kappa shape index (κ3) is 4.88. The minimum Gasteiger partial charge on any atom is -0.376 e. The second-order valence-electron chi connectivity index (χ2n) is 8.17. The van der Waals surface area contributed by atoms with Gasteiger partial charge in [0, 0.05) is 44.8 Å². The van der Waals surface area contributed by atoms with Crippen molar-refractivity contribution in [3.63, 3.8) is 0 Å². The molecule has 4 rings (SSSR count). The van der Waals surface area contributed by atoms with Crippen molar-refractivity contribution < 1.29 is 18.0 Å². The summed E-state index contributed by atoms with van der Waals surface area (Å²) in [4.78, 5) is 28.5. The topological polar surface area (TPSA) is 90.0 Å². The van der Waals surface area contributed by atoms with Gasteiger partial charge in [0.05, 0.1) is 17.1 Å². The lowest BCUT2D eigenvalue weighted by Gasteiger charge is -2.35. The van der Waals surface area contributed by atoms with Crippen LogP contribution < -0.4 is 9.62 Å². The van der Waals surface area contributed by atoms with E-state index in [-0.39, 0.29) is 29.2 Å². The molecule has 32 heavy (non-hydrogen) atoms. The number of carbonyl (C=O) groups excluding carboxylic acids is 2. The molecule has 0 unspecified atom stereocenters. The molecule has 2 amide bonds. The number of para-hydroxylation sites is 1. The van der Waals surface area contributed by atoms with Crippen LogP contribution >= 0.6 is 0 Å². The van der Waals surface area contributed by atoms with Crippen molar-refractivity contribution in [2.24, 2.45) is 5.92 Å².